The second-order valence-corrected chi connectivity index (χ2v) is 7.30. The fourth-order valence-electron chi connectivity index (χ4n) is 4.01. The Morgan fingerprint density at radius 2 is 1.75 bits per heavy atom. The summed E-state index contributed by atoms with van der Waals surface area (Å²) in [6.07, 6.45) is 5.09. The first-order valence-electron chi connectivity index (χ1n) is 9.46. The van der Waals surface area contributed by atoms with Crippen LogP contribution in [-0.4, -0.2) is 55.0 Å². The molecule has 3 rings (SSSR count). The van der Waals surface area contributed by atoms with Crippen LogP contribution in [0.3, 0.4) is 0 Å². The van der Waals surface area contributed by atoms with E-state index in [1.54, 1.807) is 6.92 Å². The van der Waals surface area contributed by atoms with Crippen LogP contribution in [0.15, 0.2) is 18.2 Å². The number of carbonyl (C=O) groups excluding carboxylic acids is 1. The number of rotatable bonds is 3. The van der Waals surface area contributed by atoms with Crippen molar-refractivity contribution in [3.8, 4) is 0 Å². The van der Waals surface area contributed by atoms with E-state index >= 15 is 0 Å². The van der Waals surface area contributed by atoms with E-state index in [0.29, 0.717) is 0 Å². The summed E-state index contributed by atoms with van der Waals surface area (Å²) in [5.74, 6) is 0.207. The summed E-state index contributed by atoms with van der Waals surface area (Å²) in [5.41, 5.74) is 4.20. The third kappa shape index (κ3) is 4.29. The van der Waals surface area contributed by atoms with Crippen molar-refractivity contribution in [2.45, 2.75) is 46.1 Å². The molecule has 0 spiro atoms. The van der Waals surface area contributed by atoms with Crippen LogP contribution >= 0.6 is 0 Å². The van der Waals surface area contributed by atoms with Crippen LogP contribution in [0.1, 0.15) is 43.7 Å². The Balaban J connectivity index is 1.61. The lowest BCUT2D eigenvalue weighted by molar-refractivity contribution is -0.128. The highest BCUT2D eigenvalue weighted by molar-refractivity contribution is 5.73. The maximum atomic E-state index is 11.6. The number of aryl methyl sites for hydroxylation is 1. The molecular formula is C20H31N3O. The predicted octanol–water partition coefficient (Wildman–Crippen LogP) is 3.04. The van der Waals surface area contributed by atoms with E-state index in [2.05, 4.69) is 34.9 Å². The van der Waals surface area contributed by atoms with Gasteiger partial charge in [0, 0.05) is 58.4 Å². The second-order valence-electron chi connectivity index (χ2n) is 7.30. The van der Waals surface area contributed by atoms with Gasteiger partial charge in [-0.15, -0.1) is 0 Å². The minimum atomic E-state index is 0.207. The molecule has 2 aliphatic heterocycles. The fraction of sp³-hybridized carbons (Fsp3) is 0.650. The van der Waals surface area contributed by atoms with Crippen LogP contribution < -0.4 is 4.90 Å². The van der Waals surface area contributed by atoms with Crippen molar-refractivity contribution in [1.82, 2.24) is 9.80 Å². The normalized spacial score (nSPS) is 20.1. The zero-order valence-corrected chi connectivity index (χ0v) is 15.3. The minimum absolute atomic E-state index is 0.207. The summed E-state index contributed by atoms with van der Waals surface area (Å²) in [6.45, 7) is 11.1. The van der Waals surface area contributed by atoms with Crippen molar-refractivity contribution in [2.24, 2.45) is 0 Å². The molecule has 1 aromatic rings. The van der Waals surface area contributed by atoms with Crippen molar-refractivity contribution >= 4 is 11.6 Å². The molecule has 0 aliphatic carbocycles. The number of nitrogens with zero attached hydrogens (tertiary/aromatic N) is 3. The third-order valence-electron chi connectivity index (χ3n) is 5.40. The van der Waals surface area contributed by atoms with Gasteiger partial charge in [0.05, 0.1) is 0 Å². The summed E-state index contributed by atoms with van der Waals surface area (Å²) >= 11 is 0. The molecule has 4 nitrogen and oxygen atoms in total. The monoisotopic (exact) mass is 329 g/mol. The van der Waals surface area contributed by atoms with E-state index in [9.17, 15) is 4.79 Å². The van der Waals surface area contributed by atoms with Gasteiger partial charge in [0.15, 0.2) is 0 Å². The van der Waals surface area contributed by atoms with Gasteiger partial charge in [-0.3, -0.25) is 9.69 Å². The molecule has 132 valence electrons. The van der Waals surface area contributed by atoms with Gasteiger partial charge >= 0.3 is 0 Å². The van der Waals surface area contributed by atoms with E-state index in [1.165, 1.54) is 49.2 Å². The molecule has 2 aliphatic rings. The number of amides is 1. The summed E-state index contributed by atoms with van der Waals surface area (Å²) in [4.78, 5) is 18.6. The molecule has 4 heteroatoms. The van der Waals surface area contributed by atoms with E-state index < -0.39 is 0 Å². The third-order valence-corrected chi connectivity index (χ3v) is 5.40. The molecule has 0 N–H and O–H groups in total. The lowest BCUT2D eigenvalue weighted by Gasteiger charge is -2.30. The Kier molecular flexibility index (Phi) is 5.77. The van der Waals surface area contributed by atoms with Gasteiger partial charge in [-0.1, -0.05) is 12.1 Å². The number of hydrogen-bond donors (Lipinski definition) is 0. The molecule has 0 unspecified atom stereocenters. The first-order valence-corrected chi connectivity index (χ1v) is 9.46. The summed E-state index contributed by atoms with van der Waals surface area (Å²) in [5, 5.41) is 0. The molecule has 1 amide bonds. The minimum Gasteiger partial charge on any atom is -0.371 e. The molecule has 0 bridgehead atoms. The van der Waals surface area contributed by atoms with Crippen LogP contribution in [0.25, 0.3) is 0 Å². The SMILES string of the molecule is CC(=O)N1CCCN(Cc2ccc(N3CCCCC3)c(C)c2)CC1. The maximum Gasteiger partial charge on any atom is 0.219 e. The average Bonchev–Trinajstić information content (AvgIpc) is 2.81. The largest absolute Gasteiger partial charge is 0.371 e. The Morgan fingerprint density at radius 1 is 0.958 bits per heavy atom. The topological polar surface area (TPSA) is 26.8 Å². The number of hydrogen-bond acceptors (Lipinski definition) is 3. The first-order chi connectivity index (χ1) is 11.6. The lowest BCUT2D eigenvalue weighted by Crippen LogP contribution is -2.33. The van der Waals surface area contributed by atoms with E-state index in [-0.39, 0.29) is 5.91 Å². The Morgan fingerprint density at radius 3 is 2.46 bits per heavy atom. The summed E-state index contributed by atoms with van der Waals surface area (Å²) in [6, 6.07) is 6.97. The highest BCUT2D eigenvalue weighted by Gasteiger charge is 2.17. The quantitative estimate of drug-likeness (QED) is 0.853. The number of piperidine rings is 1. The zero-order valence-electron chi connectivity index (χ0n) is 15.3. The van der Waals surface area contributed by atoms with Gasteiger partial charge in [-0.05, 0) is 49.8 Å². The standard InChI is InChI=1S/C20H31N3O/c1-17-15-19(7-8-20(17)23-10-4-3-5-11-23)16-21-9-6-12-22(14-13-21)18(2)24/h7-8,15H,3-6,9-14,16H2,1-2H3. The summed E-state index contributed by atoms with van der Waals surface area (Å²) in [7, 11) is 0. The van der Waals surface area contributed by atoms with Gasteiger partial charge in [-0.25, -0.2) is 0 Å². The number of benzene rings is 1. The highest BCUT2D eigenvalue weighted by Crippen LogP contribution is 2.25. The molecule has 0 saturated carbocycles. The van der Waals surface area contributed by atoms with Crippen molar-refractivity contribution < 1.29 is 4.79 Å². The van der Waals surface area contributed by atoms with E-state index in [0.717, 1.165) is 39.1 Å². The molecule has 0 radical (unpaired) electrons. The smallest absolute Gasteiger partial charge is 0.219 e. The molecule has 2 saturated heterocycles. The van der Waals surface area contributed by atoms with Crippen molar-refractivity contribution in [3.05, 3.63) is 29.3 Å². The van der Waals surface area contributed by atoms with Gasteiger partial charge in [0.25, 0.3) is 0 Å². The number of anilines is 1. The lowest BCUT2D eigenvalue weighted by atomic mass is 10.1. The molecule has 2 fully saturated rings. The maximum absolute atomic E-state index is 11.6. The van der Waals surface area contributed by atoms with Crippen molar-refractivity contribution in [1.29, 1.82) is 0 Å². The van der Waals surface area contributed by atoms with Crippen molar-refractivity contribution in [2.75, 3.05) is 44.2 Å². The van der Waals surface area contributed by atoms with Crippen LogP contribution in [0, 0.1) is 6.92 Å². The Bertz CT molecular complexity index is 566. The van der Waals surface area contributed by atoms with Crippen molar-refractivity contribution in [3.63, 3.8) is 0 Å². The van der Waals surface area contributed by atoms with Gasteiger partial charge < -0.3 is 9.80 Å². The van der Waals surface area contributed by atoms with Gasteiger partial charge in [-0.2, -0.15) is 0 Å². The molecular weight excluding hydrogens is 298 g/mol. The zero-order chi connectivity index (χ0) is 16.9. The molecule has 0 aromatic heterocycles. The fourth-order valence-corrected chi connectivity index (χ4v) is 4.01. The first kappa shape index (κ1) is 17.3. The van der Waals surface area contributed by atoms with E-state index in [4.69, 9.17) is 0 Å². The van der Waals surface area contributed by atoms with Crippen LogP contribution in [0.4, 0.5) is 5.69 Å². The highest BCUT2D eigenvalue weighted by atomic mass is 16.2. The Hall–Kier alpha value is -1.55. The Labute approximate surface area is 146 Å². The molecule has 0 atom stereocenters. The van der Waals surface area contributed by atoms with E-state index in [1.807, 2.05) is 4.90 Å². The number of carbonyl (C=O) groups is 1. The average molecular weight is 329 g/mol. The van der Waals surface area contributed by atoms with Crippen LogP contribution in [0.2, 0.25) is 0 Å². The molecule has 2 heterocycles. The second kappa shape index (κ2) is 8.02. The van der Waals surface area contributed by atoms with Gasteiger partial charge in [0.1, 0.15) is 0 Å². The molecule has 24 heavy (non-hydrogen) atoms. The molecule has 1 aromatic carbocycles. The van der Waals surface area contributed by atoms with Gasteiger partial charge in [0.2, 0.25) is 5.91 Å². The van der Waals surface area contributed by atoms with Crippen LogP contribution in [0.5, 0.6) is 0 Å². The predicted molar refractivity (Wildman–Crippen MR) is 99.4 cm³/mol. The van der Waals surface area contributed by atoms with Crippen LogP contribution in [-0.2, 0) is 11.3 Å². The summed E-state index contributed by atoms with van der Waals surface area (Å²) < 4.78 is 0.